The van der Waals surface area contributed by atoms with Crippen molar-refractivity contribution in [2.75, 3.05) is 20.3 Å². The predicted molar refractivity (Wildman–Crippen MR) is 117 cm³/mol. The Morgan fingerprint density at radius 3 is 2.76 bits per heavy atom. The van der Waals surface area contributed by atoms with Crippen LogP contribution in [0, 0.1) is 6.92 Å². The number of ether oxygens (including phenoxy) is 1. The molecule has 4 heterocycles. The third-order valence-electron chi connectivity index (χ3n) is 5.26. The van der Waals surface area contributed by atoms with Gasteiger partial charge in [0.1, 0.15) is 0 Å². The van der Waals surface area contributed by atoms with Crippen LogP contribution in [0.4, 0.5) is 0 Å². The monoisotopic (exact) mass is 407 g/mol. The lowest BCUT2D eigenvalue weighted by molar-refractivity contribution is 0.180. The summed E-state index contributed by atoms with van der Waals surface area (Å²) in [4.78, 5) is 11.2. The normalized spacial score (nSPS) is 18.8. The van der Waals surface area contributed by atoms with Gasteiger partial charge in [0.15, 0.2) is 5.11 Å². The molecule has 2 atom stereocenters. The van der Waals surface area contributed by atoms with E-state index in [0.717, 1.165) is 40.8 Å². The van der Waals surface area contributed by atoms with Gasteiger partial charge in [-0.1, -0.05) is 6.07 Å². The van der Waals surface area contributed by atoms with Crippen LogP contribution in [0.5, 0.6) is 0 Å². The first-order chi connectivity index (χ1) is 14.2. The molecule has 0 saturated carbocycles. The topological polar surface area (TPSA) is 55.2 Å². The van der Waals surface area contributed by atoms with Crippen molar-refractivity contribution in [3.8, 4) is 5.69 Å². The highest BCUT2D eigenvalue weighted by atomic mass is 32.1. The van der Waals surface area contributed by atoms with E-state index in [1.165, 1.54) is 0 Å². The fourth-order valence-electron chi connectivity index (χ4n) is 3.98. The Morgan fingerprint density at radius 1 is 1.14 bits per heavy atom. The highest BCUT2D eigenvalue weighted by molar-refractivity contribution is 7.80. The second kappa shape index (κ2) is 8.71. The van der Waals surface area contributed by atoms with E-state index >= 15 is 0 Å². The van der Waals surface area contributed by atoms with Gasteiger partial charge in [-0.2, -0.15) is 0 Å². The van der Waals surface area contributed by atoms with Gasteiger partial charge >= 0.3 is 0 Å². The van der Waals surface area contributed by atoms with Gasteiger partial charge < -0.3 is 19.5 Å². The number of aryl methyl sites for hydroxylation is 1. The minimum Gasteiger partial charge on any atom is -0.385 e. The molecule has 29 heavy (non-hydrogen) atoms. The minimum absolute atomic E-state index is 0.0168. The summed E-state index contributed by atoms with van der Waals surface area (Å²) in [5.41, 5.74) is 4.34. The largest absolute Gasteiger partial charge is 0.385 e. The summed E-state index contributed by atoms with van der Waals surface area (Å²) in [5.74, 6) is 0. The maximum atomic E-state index is 5.74. The summed E-state index contributed by atoms with van der Waals surface area (Å²) < 4.78 is 7.53. The first-order valence-corrected chi connectivity index (χ1v) is 10.2. The molecule has 0 bridgehead atoms. The average Bonchev–Trinajstić information content (AvgIpc) is 3.29. The summed E-state index contributed by atoms with van der Waals surface area (Å²) in [6, 6.07) is 14.4. The Morgan fingerprint density at radius 2 is 2.03 bits per heavy atom. The van der Waals surface area contributed by atoms with Crippen LogP contribution in [-0.4, -0.2) is 44.8 Å². The summed E-state index contributed by atoms with van der Waals surface area (Å²) in [7, 11) is 1.73. The molecule has 3 aromatic rings. The number of methoxy groups -OCH3 is 1. The zero-order chi connectivity index (χ0) is 20.2. The van der Waals surface area contributed by atoms with E-state index in [2.05, 4.69) is 55.9 Å². The van der Waals surface area contributed by atoms with Crippen molar-refractivity contribution in [3.63, 3.8) is 0 Å². The van der Waals surface area contributed by atoms with Crippen molar-refractivity contribution < 1.29 is 4.74 Å². The van der Waals surface area contributed by atoms with Gasteiger partial charge in [0.25, 0.3) is 0 Å². The third kappa shape index (κ3) is 3.88. The number of thiocarbonyl (C=S) groups is 1. The van der Waals surface area contributed by atoms with E-state index in [-0.39, 0.29) is 12.1 Å². The van der Waals surface area contributed by atoms with E-state index in [1.807, 2.05) is 30.6 Å². The number of aromatic nitrogens is 3. The highest BCUT2D eigenvalue weighted by Crippen LogP contribution is 2.40. The molecule has 6 nitrogen and oxygen atoms in total. The van der Waals surface area contributed by atoms with E-state index in [0.29, 0.717) is 6.61 Å². The van der Waals surface area contributed by atoms with E-state index in [9.17, 15) is 0 Å². The number of rotatable bonds is 7. The van der Waals surface area contributed by atoms with E-state index in [1.54, 1.807) is 13.3 Å². The van der Waals surface area contributed by atoms with Crippen LogP contribution in [-0.2, 0) is 4.74 Å². The van der Waals surface area contributed by atoms with Crippen molar-refractivity contribution in [1.29, 1.82) is 0 Å². The van der Waals surface area contributed by atoms with Gasteiger partial charge in [0.05, 0.1) is 29.7 Å². The van der Waals surface area contributed by atoms with Crippen LogP contribution in [0.15, 0.2) is 61.1 Å². The molecule has 3 aromatic heterocycles. The number of hydrogen-bond donors (Lipinski definition) is 1. The van der Waals surface area contributed by atoms with Gasteiger partial charge in [0, 0.05) is 44.0 Å². The number of nitrogens with zero attached hydrogens (tertiary/aromatic N) is 4. The van der Waals surface area contributed by atoms with Crippen molar-refractivity contribution in [2.24, 2.45) is 0 Å². The molecular formula is C22H25N5OS. The molecule has 7 heteroatoms. The summed E-state index contributed by atoms with van der Waals surface area (Å²) in [6.07, 6.45) is 6.41. The molecule has 1 saturated heterocycles. The molecule has 150 valence electrons. The summed E-state index contributed by atoms with van der Waals surface area (Å²) >= 11 is 5.74. The van der Waals surface area contributed by atoms with Gasteiger partial charge in [-0.25, -0.2) is 0 Å². The smallest absolute Gasteiger partial charge is 0.170 e. The Balaban J connectivity index is 1.79. The second-order valence-electron chi connectivity index (χ2n) is 7.11. The Labute approximate surface area is 176 Å². The first kappa shape index (κ1) is 19.5. The van der Waals surface area contributed by atoms with Crippen LogP contribution in [0.25, 0.3) is 5.69 Å². The Kier molecular flexibility index (Phi) is 5.87. The second-order valence-corrected chi connectivity index (χ2v) is 7.50. The lowest BCUT2D eigenvalue weighted by Crippen LogP contribution is -2.32. The number of hydrogen-bond acceptors (Lipinski definition) is 4. The highest BCUT2D eigenvalue weighted by Gasteiger charge is 2.41. The van der Waals surface area contributed by atoms with Crippen molar-refractivity contribution in [3.05, 3.63) is 78.1 Å². The number of pyridine rings is 2. The maximum absolute atomic E-state index is 5.74. The van der Waals surface area contributed by atoms with Gasteiger partial charge in [-0.3, -0.25) is 9.97 Å². The standard InChI is InChI=1S/C22H25N5OS/c1-16-9-10-19(27(16)17-7-5-11-23-15-17)21-20(18-8-3-4-12-24-18)25-22(29)26(21)13-6-14-28-2/h3-5,7-12,15,20-21H,6,13-14H2,1-2H3,(H,25,29)/t20-,21+/m0/s1. The fourth-order valence-corrected chi connectivity index (χ4v) is 4.31. The molecule has 1 aliphatic rings. The average molecular weight is 408 g/mol. The zero-order valence-electron chi connectivity index (χ0n) is 16.7. The van der Waals surface area contributed by atoms with Crippen molar-refractivity contribution in [2.45, 2.75) is 25.4 Å². The van der Waals surface area contributed by atoms with E-state index in [4.69, 9.17) is 17.0 Å². The lowest BCUT2D eigenvalue weighted by Gasteiger charge is -2.29. The molecule has 1 aliphatic heterocycles. The molecule has 0 unspecified atom stereocenters. The molecule has 0 aromatic carbocycles. The van der Waals surface area contributed by atoms with Crippen molar-refractivity contribution in [1.82, 2.24) is 24.8 Å². The number of nitrogens with one attached hydrogen (secondary N) is 1. The first-order valence-electron chi connectivity index (χ1n) is 9.76. The lowest BCUT2D eigenvalue weighted by atomic mass is 10.0. The van der Waals surface area contributed by atoms with E-state index < -0.39 is 0 Å². The molecule has 0 amide bonds. The molecule has 0 radical (unpaired) electrons. The molecule has 1 fully saturated rings. The molecule has 1 N–H and O–H groups in total. The maximum Gasteiger partial charge on any atom is 0.170 e. The summed E-state index contributed by atoms with van der Waals surface area (Å²) in [5, 5.41) is 4.26. The van der Waals surface area contributed by atoms with Gasteiger partial charge in [-0.15, -0.1) is 0 Å². The van der Waals surface area contributed by atoms with Crippen LogP contribution in [0.3, 0.4) is 0 Å². The minimum atomic E-state index is -0.0315. The van der Waals surface area contributed by atoms with Crippen molar-refractivity contribution >= 4 is 17.3 Å². The SMILES string of the molecule is COCCCN1C(=S)N[C@@H](c2ccccn2)[C@H]1c1ccc(C)n1-c1cccnc1. The van der Waals surface area contributed by atoms with Gasteiger partial charge in [-0.05, 0) is 62.0 Å². The predicted octanol–water partition coefficient (Wildman–Crippen LogP) is 3.58. The Hall–Kier alpha value is -2.77. The molecular weight excluding hydrogens is 382 g/mol. The van der Waals surface area contributed by atoms with Gasteiger partial charge in [0.2, 0.25) is 0 Å². The summed E-state index contributed by atoms with van der Waals surface area (Å²) in [6.45, 7) is 3.62. The van der Waals surface area contributed by atoms with Crippen LogP contribution < -0.4 is 5.32 Å². The Bertz CT molecular complexity index is 960. The molecule has 0 spiro atoms. The van der Waals surface area contributed by atoms with Crippen LogP contribution in [0.1, 0.15) is 35.6 Å². The zero-order valence-corrected chi connectivity index (χ0v) is 17.5. The quantitative estimate of drug-likeness (QED) is 0.477. The fraction of sp³-hybridized carbons (Fsp3) is 0.318. The molecule has 4 rings (SSSR count). The van der Waals surface area contributed by atoms with Crippen LogP contribution >= 0.6 is 12.2 Å². The molecule has 0 aliphatic carbocycles. The third-order valence-corrected chi connectivity index (χ3v) is 5.61. The van der Waals surface area contributed by atoms with Crippen LogP contribution in [0.2, 0.25) is 0 Å².